The van der Waals surface area contributed by atoms with E-state index in [1.807, 2.05) is 37.3 Å². The molecular weight excluding hydrogens is 326 g/mol. The molecule has 6 nitrogen and oxygen atoms in total. The molecule has 4 rings (SSSR count). The third-order valence-electron chi connectivity index (χ3n) is 5.23. The third-order valence-corrected chi connectivity index (χ3v) is 5.23. The van der Waals surface area contributed by atoms with Crippen LogP contribution in [-0.4, -0.2) is 35.4 Å². The minimum absolute atomic E-state index is 0.0189. The fourth-order valence-electron chi connectivity index (χ4n) is 3.91. The van der Waals surface area contributed by atoms with Crippen LogP contribution in [0.5, 0.6) is 0 Å². The minimum Gasteiger partial charge on any atom is -0.359 e. The highest BCUT2D eigenvalue weighted by molar-refractivity contribution is 5.85. The summed E-state index contributed by atoms with van der Waals surface area (Å²) in [6.45, 7) is 3.51. The number of carbonyl (C=O) groups is 1. The molecule has 0 saturated carbocycles. The Kier molecular flexibility index (Phi) is 4.00. The molecule has 3 heterocycles. The van der Waals surface area contributed by atoms with Gasteiger partial charge >= 0.3 is 0 Å². The van der Waals surface area contributed by atoms with E-state index in [0.717, 1.165) is 41.8 Å². The van der Waals surface area contributed by atoms with E-state index >= 15 is 0 Å². The number of imidazole rings is 1. The molecule has 1 aliphatic rings. The average Bonchev–Trinajstić information content (AvgIpc) is 3.06. The van der Waals surface area contributed by atoms with Gasteiger partial charge in [0.25, 0.3) is 0 Å². The fraction of sp³-hybridized carbons (Fsp3) is 0.350. The van der Waals surface area contributed by atoms with Gasteiger partial charge in [0, 0.05) is 20.1 Å². The predicted molar refractivity (Wildman–Crippen MR) is 101 cm³/mol. The number of piperidine rings is 1. The summed E-state index contributed by atoms with van der Waals surface area (Å²) < 4.78 is 2.06. The van der Waals surface area contributed by atoms with Crippen molar-refractivity contribution < 1.29 is 4.79 Å². The number of amides is 1. The van der Waals surface area contributed by atoms with Crippen molar-refractivity contribution in [3.63, 3.8) is 0 Å². The standard InChI is InChI=1S/C20H21N5O/c1-13-10-18(24-9-5-6-14(12-24)20(26)22-2)25-17-8-4-3-7-16(17)23-19(25)15(13)11-21/h3-4,7-8,10,14H,5-6,9,12H2,1-2H3,(H,22,26). The number of benzene rings is 1. The molecule has 1 unspecified atom stereocenters. The van der Waals surface area contributed by atoms with E-state index in [1.165, 1.54) is 0 Å². The molecule has 1 N–H and O–H groups in total. The van der Waals surface area contributed by atoms with Crippen LogP contribution in [0.3, 0.4) is 0 Å². The van der Waals surface area contributed by atoms with Crippen LogP contribution in [0.4, 0.5) is 5.82 Å². The van der Waals surface area contributed by atoms with Crippen LogP contribution in [0.15, 0.2) is 30.3 Å². The molecule has 1 amide bonds. The molecule has 0 spiro atoms. The van der Waals surface area contributed by atoms with Crippen molar-refractivity contribution >= 4 is 28.4 Å². The molecule has 1 aliphatic heterocycles. The first-order valence-electron chi connectivity index (χ1n) is 8.91. The lowest BCUT2D eigenvalue weighted by molar-refractivity contribution is -0.124. The minimum atomic E-state index is -0.0189. The molecule has 0 radical (unpaired) electrons. The Balaban J connectivity index is 1.92. The van der Waals surface area contributed by atoms with Crippen LogP contribution < -0.4 is 10.2 Å². The van der Waals surface area contributed by atoms with E-state index in [1.54, 1.807) is 7.05 Å². The fourth-order valence-corrected chi connectivity index (χ4v) is 3.91. The van der Waals surface area contributed by atoms with Gasteiger partial charge in [0.15, 0.2) is 5.65 Å². The number of hydrogen-bond acceptors (Lipinski definition) is 4. The van der Waals surface area contributed by atoms with Crippen LogP contribution in [0.25, 0.3) is 16.7 Å². The molecule has 0 aliphatic carbocycles. The van der Waals surface area contributed by atoms with Gasteiger partial charge in [0.1, 0.15) is 11.9 Å². The van der Waals surface area contributed by atoms with E-state index in [4.69, 9.17) is 4.98 Å². The molecular formula is C20H21N5O. The Bertz CT molecular complexity index is 1050. The molecule has 26 heavy (non-hydrogen) atoms. The molecule has 6 heteroatoms. The number of pyridine rings is 1. The van der Waals surface area contributed by atoms with Crippen molar-refractivity contribution in [3.05, 3.63) is 41.5 Å². The number of nitrogens with one attached hydrogen (secondary N) is 1. The summed E-state index contributed by atoms with van der Waals surface area (Å²) in [4.78, 5) is 19.1. The Morgan fingerprint density at radius 1 is 1.38 bits per heavy atom. The number of carbonyl (C=O) groups excluding carboxylic acids is 1. The number of para-hydroxylation sites is 2. The maximum absolute atomic E-state index is 12.1. The van der Waals surface area contributed by atoms with Gasteiger partial charge in [-0.3, -0.25) is 9.20 Å². The van der Waals surface area contributed by atoms with E-state index in [9.17, 15) is 10.1 Å². The Morgan fingerprint density at radius 2 is 2.19 bits per heavy atom. The van der Waals surface area contributed by atoms with Crippen molar-refractivity contribution in [2.24, 2.45) is 5.92 Å². The van der Waals surface area contributed by atoms with Gasteiger partial charge in [-0.25, -0.2) is 4.98 Å². The Labute approximate surface area is 152 Å². The summed E-state index contributed by atoms with van der Waals surface area (Å²) in [5.41, 5.74) is 4.05. The first kappa shape index (κ1) is 16.4. The zero-order chi connectivity index (χ0) is 18.3. The van der Waals surface area contributed by atoms with Crippen LogP contribution in [0, 0.1) is 24.2 Å². The first-order chi connectivity index (χ1) is 12.6. The van der Waals surface area contributed by atoms with Gasteiger partial charge < -0.3 is 10.2 Å². The second kappa shape index (κ2) is 6.34. The van der Waals surface area contributed by atoms with Gasteiger partial charge in [0.05, 0.1) is 22.5 Å². The number of rotatable bonds is 2. The smallest absolute Gasteiger partial charge is 0.224 e. The molecule has 2 aromatic heterocycles. The molecule has 3 aromatic rings. The van der Waals surface area contributed by atoms with Crippen LogP contribution in [0.1, 0.15) is 24.0 Å². The maximum Gasteiger partial charge on any atom is 0.224 e. The summed E-state index contributed by atoms with van der Waals surface area (Å²) in [7, 11) is 1.69. The number of nitrogens with zero attached hydrogens (tertiary/aromatic N) is 4. The number of aryl methyl sites for hydroxylation is 1. The van der Waals surface area contributed by atoms with E-state index in [2.05, 4.69) is 20.7 Å². The number of aromatic nitrogens is 2. The molecule has 132 valence electrons. The lowest BCUT2D eigenvalue weighted by Gasteiger charge is -2.34. The second-order valence-corrected chi connectivity index (χ2v) is 6.83. The van der Waals surface area contributed by atoms with Gasteiger partial charge in [0.2, 0.25) is 5.91 Å². The quantitative estimate of drug-likeness (QED) is 0.773. The number of nitriles is 1. The summed E-state index contributed by atoms with van der Waals surface area (Å²) in [5.74, 6) is 1.07. The predicted octanol–water partition coefficient (Wildman–Crippen LogP) is 2.63. The van der Waals surface area contributed by atoms with Crippen LogP contribution >= 0.6 is 0 Å². The lowest BCUT2D eigenvalue weighted by Crippen LogP contribution is -2.42. The van der Waals surface area contributed by atoms with Gasteiger partial charge in [-0.1, -0.05) is 12.1 Å². The Morgan fingerprint density at radius 3 is 2.96 bits per heavy atom. The van der Waals surface area contributed by atoms with Crippen molar-refractivity contribution in [2.45, 2.75) is 19.8 Å². The van der Waals surface area contributed by atoms with Gasteiger partial charge in [-0.15, -0.1) is 0 Å². The number of fused-ring (bicyclic) bond motifs is 3. The highest BCUT2D eigenvalue weighted by Gasteiger charge is 2.27. The number of anilines is 1. The van der Waals surface area contributed by atoms with Crippen molar-refractivity contribution in [1.29, 1.82) is 5.26 Å². The summed E-state index contributed by atoms with van der Waals surface area (Å²) in [5, 5.41) is 12.4. The SMILES string of the molecule is CNC(=O)C1CCCN(c2cc(C)c(C#N)c3nc4ccccc4n23)C1. The lowest BCUT2D eigenvalue weighted by atomic mass is 9.97. The topological polar surface area (TPSA) is 73.4 Å². The van der Waals surface area contributed by atoms with E-state index in [-0.39, 0.29) is 11.8 Å². The molecule has 1 saturated heterocycles. The number of hydrogen-bond donors (Lipinski definition) is 1. The molecule has 1 aromatic carbocycles. The third kappa shape index (κ3) is 2.48. The Hall–Kier alpha value is -3.07. The zero-order valence-electron chi connectivity index (χ0n) is 15.0. The summed E-state index contributed by atoms with van der Waals surface area (Å²) >= 11 is 0. The van der Waals surface area contributed by atoms with Crippen molar-refractivity contribution in [1.82, 2.24) is 14.7 Å². The zero-order valence-corrected chi connectivity index (χ0v) is 15.0. The molecule has 1 fully saturated rings. The average molecular weight is 347 g/mol. The van der Waals surface area contributed by atoms with E-state index < -0.39 is 0 Å². The van der Waals surface area contributed by atoms with Gasteiger partial charge in [-0.05, 0) is 43.5 Å². The molecule has 1 atom stereocenters. The second-order valence-electron chi connectivity index (χ2n) is 6.83. The molecule has 0 bridgehead atoms. The van der Waals surface area contributed by atoms with Gasteiger partial charge in [-0.2, -0.15) is 5.26 Å². The maximum atomic E-state index is 12.1. The van der Waals surface area contributed by atoms with E-state index in [0.29, 0.717) is 17.8 Å². The monoisotopic (exact) mass is 347 g/mol. The first-order valence-corrected chi connectivity index (χ1v) is 8.91. The largest absolute Gasteiger partial charge is 0.359 e. The normalized spacial score (nSPS) is 17.4. The summed E-state index contributed by atoms with van der Waals surface area (Å²) in [6.07, 6.45) is 1.87. The highest BCUT2D eigenvalue weighted by Crippen LogP contribution is 2.31. The van der Waals surface area contributed by atoms with Crippen molar-refractivity contribution in [2.75, 3.05) is 25.0 Å². The van der Waals surface area contributed by atoms with Crippen LogP contribution in [0.2, 0.25) is 0 Å². The summed E-state index contributed by atoms with van der Waals surface area (Å²) in [6, 6.07) is 12.3. The van der Waals surface area contributed by atoms with Crippen LogP contribution in [-0.2, 0) is 4.79 Å². The van der Waals surface area contributed by atoms with Crippen molar-refractivity contribution in [3.8, 4) is 6.07 Å². The highest BCUT2D eigenvalue weighted by atomic mass is 16.1.